The first kappa shape index (κ1) is 30.8. The van der Waals surface area contributed by atoms with Crippen LogP contribution in [0.3, 0.4) is 0 Å². The molecule has 0 aliphatic carbocycles. The Kier molecular flexibility index (Phi) is 8.45. The van der Waals surface area contributed by atoms with Crippen molar-refractivity contribution in [3.05, 3.63) is 94.6 Å². The number of aromatic nitrogens is 1. The summed E-state index contributed by atoms with van der Waals surface area (Å²) < 4.78 is 2.15. The highest BCUT2D eigenvalue weighted by molar-refractivity contribution is 7.07. The minimum atomic E-state index is -0.631. The van der Waals surface area contributed by atoms with Crippen molar-refractivity contribution >= 4 is 34.9 Å². The fourth-order valence-corrected chi connectivity index (χ4v) is 6.44. The van der Waals surface area contributed by atoms with Gasteiger partial charge in [-0.05, 0) is 73.1 Å². The second-order valence-electron chi connectivity index (χ2n) is 12.6. The normalized spacial score (nSPS) is 16.0. The summed E-state index contributed by atoms with van der Waals surface area (Å²) in [7, 11) is 0. The zero-order valence-electron chi connectivity index (χ0n) is 25.4. The number of fused-ring (bicyclic) bond motifs is 1. The molecule has 4 rings (SSSR count). The molecule has 2 heterocycles. The van der Waals surface area contributed by atoms with E-state index in [4.69, 9.17) is 16.6 Å². The first-order valence-electron chi connectivity index (χ1n) is 14.0. The van der Waals surface area contributed by atoms with Crippen LogP contribution in [-0.2, 0) is 15.6 Å². The number of carbonyl (C=O) groups excluding carboxylic acids is 1. The third-order valence-electron chi connectivity index (χ3n) is 7.53. The number of amides is 1. The molecule has 41 heavy (non-hydrogen) atoms. The van der Waals surface area contributed by atoms with E-state index in [-0.39, 0.29) is 22.3 Å². The summed E-state index contributed by atoms with van der Waals surface area (Å²) in [4.78, 5) is 35.0. The van der Waals surface area contributed by atoms with E-state index in [9.17, 15) is 14.7 Å². The van der Waals surface area contributed by atoms with Crippen LogP contribution >= 0.6 is 22.9 Å². The summed E-state index contributed by atoms with van der Waals surface area (Å²) in [5, 5.41) is 11.7. The van der Waals surface area contributed by atoms with Crippen molar-refractivity contribution in [2.24, 2.45) is 4.99 Å². The number of halogens is 1. The highest BCUT2D eigenvalue weighted by Crippen LogP contribution is 2.40. The van der Waals surface area contributed by atoms with E-state index in [1.165, 1.54) is 11.3 Å². The molecule has 1 aromatic heterocycles. The Morgan fingerprint density at radius 3 is 2.07 bits per heavy atom. The molecule has 218 valence electrons. The van der Waals surface area contributed by atoms with Crippen molar-refractivity contribution in [1.82, 2.24) is 9.47 Å². The number of phenols is 1. The molecule has 1 N–H and O–H groups in total. The molecule has 1 aliphatic heterocycles. The molecule has 3 aromatic rings. The summed E-state index contributed by atoms with van der Waals surface area (Å²) in [6.45, 7) is 19.2. The van der Waals surface area contributed by atoms with Gasteiger partial charge in [0.05, 0.1) is 21.8 Å². The van der Waals surface area contributed by atoms with Gasteiger partial charge < -0.3 is 10.0 Å². The number of rotatable bonds is 5. The maximum Gasteiger partial charge on any atom is 0.271 e. The zero-order chi connectivity index (χ0) is 30.4. The molecule has 0 radical (unpaired) electrons. The van der Waals surface area contributed by atoms with Crippen molar-refractivity contribution in [1.29, 1.82) is 0 Å². The lowest BCUT2D eigenvalue weighted by molar-refractivity contribution is -0.127. The average molecular weight is 594 g/mol. The Hall–Kier alpha value is -3.16. The monoisotopic (exact) mass is 593 g/mol. The van der Waals surface area contributed by atoms with Gasteiger partial charge in [0, 0.05) is 29.2 Å². The van der Waals surface area contributed by atoms with Crippen LogP contribution in [-0.4, -0.2) is 33.6 Å². The molecular weight excluding hydrogens is 554 g/mol. The van der Waals surface area contributed by atoms with Crippen molar-refractivity contribution in [3.8, 4) is 5.75 Å². The maximum atomic E-state index is 14.1. The highest BCUT2D eigenvalue weighted by atomic mass is 35.5. The molecule has 0 saturated carbocycles. The molecule has 1 amide bonds. The van der Waals surface area contributed by atoms with Crippen molar-refractivity contribution < 1.29 is 9.90 Å². The predicted octanol–water partition coefficient (Wildman–Crippen LogP) is 6.06. The number of carbonyl (C=O) groups is 1. The molecule has 0 bridgehead atoms. The van der Waals surface area contributed by atoms with Crippen LogP contribution < -0.4 is 14.9 Å². The van der Waals surface area contributed by atoms with Gasteiger partial charge in [0.2, 0.25) is 0 Å². The highest BCUT2D eigenvalue weighted by Gasteiger charge is 2.34. The molecule has 8 heteroatoms. The number of aromatic hydroxyl groups is 1. The smallest absolute Gasteiger partial charge is 0.271 e. The molecule has 0 unspecified atom stereocenters. The van der Waals surface area contributed by atoms with Crippen molar-refractivity contribution in [3.63, 3.8) is 0 Å². The predicted molar refractivity (Wildman–Crippen MR) is 169 cm³/mol. The lowest BCUT2D eigenvalue weighted by atomic mass is 9.78. The zero-order valence-corrected chi connectivity index (χ0v) is 27.0. The van der Waals surface area contributed by atoms with E-state index in [0.29, 0.717) is 44.5 Å². The molecule has 0 spiro atoms. The Balaban J connectivity index is 2.00. The lowest BCUT2D eigenvalue weighted by Gasteiger charge is -2.29. The van der Waals surface area contributed by atoms with Crippen molar-refractivity contribution in [2.45, 2.75) is 79.2 Å². The second kappa shape index (κ2) is 11.3. The van der Waals surface area contributed by atoms with Gasteiger partial charge in [-0.3, -0.25) is 14.2 Å². The fraction of sp³-hybridized carbons (Fsp3) is 0.424. The SMILES string of the molecule is CCN(CC)C(=O)C1=C(C)N=c2s/c(=C/c3cc(C(C)(C)C)c(O)c(C(C)(C)C)c3)c(=O)n2[C@@H]1c1ccc(Cl)cc1. The number of thiazole rings is 1. The van der Waals surface area contributed by atoms with Gasteiger partial charge in [0.25, 0.3) is 11.5 Å². The number of nitrogens with zero attached hydrogens (tertiary/aromatic N) is 3. The van der Waals surface area contributed by atoms with E-state index >= 15 is 0 Å². The largest absolute Gasteiger partial charge is 0.507 e. The van der Waals surface area contributed by atoms with Crippen LogP contribution in [0.1, 0.15) is 90.6 Å². The minimum Gasteiger partial charge on any atom is -0.507 e. The van der Waals surface area contributed by atoms with Crippen LogP contribution in [0, 0.1) is 0 Å². The van der Waals surface area contributed by atoms with Crippen LogP contribution in [0.25, 0.3) is 6.08 Å². The number of hydrogen-bond acceptors (Lipinski definition) is 5. The van der Waals surface area contributed by atoms with Crippen LogP contribution in [0.4, 0.5) is 0 Å². The molecule has 1 aliphatic rings. The lowest BCUT2D eigenvalue weighted by Crippen LogP contribution is -2.43. The summed E-state index contributed by atoms with van der Waals surface area (Å²) in [6, 6.07) is 10.6. The summed E-state index contributed by atoms with van der Waals surface area (Å²) >= 11 is 7.51. The molecule has 0 saturated heterocycles. The van der Waals surface area contributed by atoms with E-state index in [1.807, 2.05) is 51.1 Å². The van der Waals surface area contributed by atoms with Gasteiger partial charge in [0.15, 0.2) is 4.80 Å². The maximum absolute atomic E-state index is 14.1. The van der Waals surface area contributed by atoms with Gasteiger partial charge in [-0.1, -0.05) is 76.6 Å². The minimum absolute atomic E-state index is 0.131. The Labute approximate surface area is 251 Å². The molecular formula is C33H40ClN3O3S. The van der Waals surface area contributed by atoms with Gasteiger partial charge >= 0.3 is 0 Å². The average Bonchev–Trinajstić information content (AvgIpc) is 3.18. The number of allylic oxidation sites excluding steroid dienone is 1. The van der Waals surface area contributed by atoms with E-state index in [0.717, 1.165) is 22.3 Å². The standard InChI is InChI=1S/C33H40ClN3O3S/c1-10-36(11-2)30(40)26-19(3)35-31-37(27(26)21-12-14-22(34)15-13-21)29(39)25(41-31)18-20-16-23(32(4,5)6)28(38)24(17-20)33(7,8)9/h12-18,27,38H,10-11H2,1-9H3/b25-18+/t27-/m1/s1. The topological polar surface area (TPSA) is 74.9 Å². The summed E-state index contributed by atoms with van der Waals surface area (Å²) in [5.41, 5.74) is 3.56. The first-order chi connectivity index (χ1) is 19.1. The van der Waals surface area contributed by atoms with Gasteiger partial charge in [0.1, 0.15) is 5.75 Å². The summed E-state index contributed by atoms with van der Waals surface area (Å²) in [6.07, 6.45) is 1.87. The van der Waals surface area contributed by atoms with E-state index in [2.05, 4.69) is 41.5 Å². The van der Waals surface area contributed by atoms with Gasteiger partial charge in [-0.15, -0.1) is 0 Å². The number of phenolic OH excluding ortho intramolecular Hbond substituents is 1. The second-order valence-corrected chi connectivity index (χ2v) is 14.0. The fourth-order valence-electron chi connectivity index (χ4n) is 5.27. The number of likely N-dealkylation sites (N-methyl/N-ethyl adjacent to an activating group) is 1. The van der Waals surface area contributed by atoms with Gasteiger partial charge in [-0.2, -0.15) is 0 Å². The quantitative estimate of drug-likeness (QED) is 0.391. The molecule has 1 atom stereocenters. The molecule has 6 nitrogen and oxygen atoms in total. The van der Waals surface area contributed by atoms with E-state index in [1.54, 1.807) is 21.6 Å². The molecule has 2 aromatic carbocycles. The Morgan fingerprint density at radius 2 is 1.59 bits per heavy atom. The Morgan fingerprint density at radius 1 is 1.05 bits per heavy atom. The third kappa shape index (κ3) is 5.93. The van der Waals surface area contributed by atoms with Crippen LogP contribution in [0.15, 0.2) is 57.5 Å². The number of benzene rings is 2. The van der Waals surface area contributed by atoms with Gasteiger partial charge in [-0.25, -0.2) is 4.99 Å². The van der Waals surface area contributed by atoms with E-state index < -0.39 is 6.04 Å². The molecule has 0 fully saturated rings. The first-order valence-corrected chi connectivity index (χ1v) is 15.2. The van der Waals surface area contributed by atoms with Crippen LogP contribution in [0.2, 0.25) is 5.02 Å². The Bertz CT molecular complexity index is 1660. The van der Waals surface area contributed by atoms with Crippen LogP contribution in [0.5, 0.6) is 5.75 Å². The summed E-state index contributed by atoms with van der Waals surface area (Å²) in [5.74, 6) is 0.162. The third-order valence-corrected chi connectivity index (χ3v) is 8.77. The number of hydrogen-bond donors (Lipinski definition) is 1. The van der Waals surface area contributed by atoms with Crippen molar-refractivity contribution in [2.75, 3.05) is 13.1 Å².